The smallest absolute Gasteiger partial charge is 0.301 e. The highest BCUT2D eigenvalue weighted by Crippen LogP contribution is 2.25. The standard InChI is InChI=1S/C4H4ClNO2S2.C4H4ClNS2.C4H5NS2.C2H4O3.Cl2O2S/c1-10(7,8)4-6-2-3(5)9-4;1-7-4-6-2-3(5)8-4;1-6-4-5-2-3-7-4;1-2(3)5-4;1-5(2,3)4/h2H,1H3;2H,1H3;2-3H,1H3;4H,1H3;. The molecule has 0 aliphatic carbocycles. The van der Waals surface area contributed by atoms with Gasteiger partial charge in [-0.1, -0.05) is 69.4 Å². The predicted octanol–water partition coefficient (Wildman–Crippen LogP) is 6.31. The zero-order chi connectivity index (χ0) is 27.7. The van der Waals surface area contributed by atoms with Crippen LogP contribution < -0.4 is 0 Å². The van der Waals surface area contributed by atoms with E-state index in [1.807, 2.05) is 24.1 Å². The Bertz CT molecular complexity index is 1180. The summed E-state index contributed by atoms with van der Waals surface area (Å²) in [6, 6.07) is 0. The van der Waals surface area contributed by atoms with E-state index >= 15 is 0 Å². The van der Waals surface area contributed by atoms with E-state index in [0.29, 0.717) is 4.34 Å². The summed E-state index contributed by atoms with van der Waals surface area (Å²) in [5.41, 5.74) is 0. The van der Waals surface area contributed by atoms with Crippen molar-refractivity contribution in [3.05, 3.63) is 32.6 Å². The van der Waals surface area contributed by atoms with Gasteiger partial charge in [0.1, 0.15) is 13.0 Å². The fraction of sp³-hybridized carbons (Fsp3) is 0.286. The third-order valence-electron chi connectivity index (χ3n) is 2.12. The summed E-state index contributed by atoms with van der Waals surface area (Å²) in [6.07, 6.45) is 9.91. The first-order valence-electron chi connectivity index (χ1n) is 7.89. The zero-order valence-electron chi connectivity index (χ0n) is 17.9. The molecule has 1 N–H and O–H groups in total. The molecule has 0 aromatic carbocycles. The number of nitrogens with zero attached hydrogens (tertiary/aromatic N) is 3. The van der Waals surface area contributed by atoms with Gasteiger partial charge in [0, 0.05) is 46.1 Å². The molecule has 0 atom stereocenters. The van der Waals surface area contributed by atoms with Crippen molar-refractivity contribution in [2.75, 3.05) is 18.8 Å². The molecule has 10 nitrogen and oxygen atoms in total. The van der Waals surface area contributed by atoms with Crippen molar-refractivity contribution in [1.82, 2.24) is 15.0 Å². The number of halogens is 4. The molecule has 3 rings (SSSR count). The molecule has 35 heavy (non-hydrogen) atoms. The molecule has 3 heterocycles. The van der Waals surface area contributed by atoms with Crippen LogP contribution in [0.25, 0.3) is 0 Å². The lowest BCUT2D eigenvalue weighted by Crippen LogP contribution is -1.94. The summed E-state index contributed by atoms with van der Waals surface area (Å²) in [4.78, 5) is 24.0. The van der Waals surface area contributed by atoms with E-state index in [4.69, 9.17) is 36.9 Å². The van der Waals surface area contributed by atoms with E-state index in [1.165, 1.54) is 17.5 Å². The Morgan fingerprint density at radius 2 is 1.43 bits per heavy atom. The number of hydrogen-bond acceptors (Lipinski definition) is 15. The molecule has 0 aliphatic rings. The molecule has 0 saturated heterocycles. The van der Waals surface area contributed by atoms with Crippen molar-refractivity contribution in [2.24, 2.45) is 0 Å². The highest BCUT2D eigenvalue weighted by molar-refractivity contribution is 8.31. The van der Waals surface area contributed by atoms with Gasteiger partial charge in [-0.25, -0.2) is 28.2 Å². The summed E-state index contributed by atoms with van der Waals surface area (Å²) in [6.45, 7) is 1.11. The monoisotopic (exact) mass is 703 g/mol. The summed E-state index contributed by atoms with van der Waals surface area (Å²) < 4.78 is 43.2. The number of carbonyl (C=O) groups is 1. The average molecular weight is 706 g/mol. The number of aromatic nitrogens is 3. The molecule has 0 spiro atoms. The minimum absolute atomic E-state index is 0.0671. The van der Waals surface area contributed by atoms with Crippen LogP contribution in [0.5, 0.6) is 0 Å². The van der Waals surface area contributed by atoms with Crippen LogP contribution in [0.15, 0.2) is 37.0 Å². The first-order valence-corrected chi connectivity index (χ1v) is 18.6. The topological polar surface area (TPSA) is 153 Å². The Morgan fingerprint density at radius 3 is 1.60 bits per heavy atom. The molecule has 200 valence electrons. The summed E-state index contributed by atoms with van der Waals surface area (Å²) >= 11 is 18.5. The number of thiazole rings is 3. The van der Waals surface area contributed by atoms with Gasteiger partial charge in [-0.15, -0.1) is 11.3 Å². The molecule has 0 aliphatic heterocycles. The van der Waals surface area contributed by atoms with Crippen LogP contribution in [-0.2, 0) is 27.8 Å². The fourth-order valence-corrected chi connectivity index (χ4v) is 5.58. The van der Waals surface area contributed by atoms with Crippen molar-refractivity contribution in [3.8, 4) is 0 Å². The molecule has 0 unspecified atom stereocenters. The molecule has 0 radical (unpaired) electrons. The number of rotatable bonds is 3. The molecule has 3 aromatic heterocycles. The highest BCUT2D eigenvalue weighted by atomic mass is 36.0. The number of carbonyl (C=O) groups excluding carboxylic acids is 1. The normalized spacial score (nSPS) is 10.1. The Balaban J connectivity index is 0. The summed E-state index contributed by atoms with van der Waals surface area (Å²) in [5, 5.41) is 9.27. The molecular weight excluding hydrogens is 688 g/mol. The Hall–Kier alpha value is 0.0800. The van der Waals surface area contributed by atoms with Gasteiger partial charge in [0.15, 0.2) is 4.34 Å². The first kappa shape index (κ1) is 37.2. The molecule has 0 fully saturated rings. The van der Waals surface area contributed by atoms with Gasteiger partial charge >= 0.3 is 14.2 Å². The third-order valence-corrected chi connectivity index (χ3v) is 8.85. The minimum atomic E-state index is -3.72. The van der Waals surface area contributed by atoms with Gasteiger partial charge in [-0.3, -0.25) is 0 Å². The van der Waals surface area contributed by atoms with E-state index in [1.54, 1.807) is 41.1 Å². The SMILES string of the molecule is CC(=O)OO.CS(=O)(=O)c1ncc(Cl)s1.CSc1ncc(Cl)s1.CSc1nccs1.O=S(=O)(Cl)Cl. The van der Waals surface area contributed by atoms with Crippen LogP contribution in [0.4, 0.5) is 0 Å². The van der Waals surface area contributed by atoms with Crippen LogP contribution >= 0.6 is 102 Å². The Morgan fingerprint density at radius 1 is 0.971 bits per heavy atom. The lowest BCUT2D eigenvalue weighted by Gasteiger charge is -1.84. The highest BCUT2D eigenvalue weighted by Gasteiger charge is 2.10. The quantitative estimate of drug-likeness (QED) is 0.141. The van der Waals surface area contributed by atoms with E-state index in [9.17, 15) is 13.2 Å². The van der Waals surface area contributed by atoms with E-state index < -0.39 is 24.1 Å². The van der Waals surface area contributed by atoms with Crippen LogP contribution in [-0.4, -0.2) is 61.8 Å². The van der Waals surface area contributed by atoms with Gasteiger partial charge in [0.25, 0.3) is 0 Å². The molecule has 3 aromatic rings. The molecule has 0 bridgehead atoms. The fourth-order valence-electron chi connectivity index (χ4n) is 1.06. The Kier molecular flexibility index (Phi) is 21.4. The summed E-state index contributed by atoms with van der Waals surface area (Å²) in [7, 11) is 1.65. The van der Waals surface area contributed by atoms with Gasteiger partial charge in [-0.05, 0) is 12.5 Å². The van der Waals surface area contributed by atoms with Crippen LogP contribution in [0.3, 0.4) is 0 Å². The van der Waals surface area contributed by atoms with Crippen LogP contribution in [0, 0.1) is 0 Å². The zero-order valence-corrected chi connectivity index (χ0v) is 26.7. The van der Waals surface area contributed by atoms with Crippen LogP contribution in [0.1, 0.15) is 6.92 Å². The maximum Gasteiger partial charge on any atom is 0.339 e. The van der Waals surface area contributed by atoms with E-state index in [0.717, 1.165) is 37.5 Å². The maximum absolute atomic E-state index is 10.7. The largest absolute Gasteiger partial charge is 0.339 e. The van der Waals surface area contributed by atoms with Gasteiger partial charge in [0.2, 0.25) is 14.2 Å². The predicted molar refractivity (Wildman–Crippen MR) is 148 cm³/mol. The molecular formula is C14H17Cl4N3O7S7. The van der Waals surface area contributed by atoms with Crippen LogP contribution in [0.2, 0.25) is 8.67 Å². The van der Waals surface area contributed by atoms with Crippen molar-refractivity contribution >= 4 is 126 Å². The lowest BCUT2D eigenvalue weighted by molar-refractivity contribution is -0.231. The number of sulfone groups is 1. The molecule has 21 heteroatoms. The number of hydrogen-bond donors (Lipinski definition) is 1. The maximum atomic E-state index is 10.7. The second kappa shape index (κ2) is 20.1. The van der Waals surface area contributed by atoms with E-state index in [-0.39, 0.29) is 4.34 Å². The first-order chi connectivity index (χ1) is 16.0. The average Bonchev–Trinajstić information content (AvgIpc) is 3.49. The van der Waals surface area contributed by atoms with Crippen molar-refractivity contribution in [3.63, 3.8) is 0 Å². The second-order valence-corrected chi connectivity index (χ2v) is 17.0. The third kappa shape index (κ3) is 25.5. The van der Waals surface area contributed by atoms with Gasteiger partial charge < -0.3 is 4.89 Å². The Labute approximate surface area is 242 Å². The lowest BCUT2D eigenvalue weighted by atomic mass is 10.9. The number of thioether (sulfide) groups is 2. The minimum Gasteiger partial charge on any atom is -0.301 e. The van der Waals surface area contributed by atoms with E-state index in [2.05, 4.69) is 41.2 Å². The summed E-state index contributed by atoms with van der Waals surface area (Å²) in [5.74, 6) is -0.690. The van der Waals surface area contributed by atoms with Gasteiger partial charge in [-0.2, -0.15) is 13.7 Å². The molecule has 0 amide bonds. The van der Waals surface area contributed by atoms with Gasteiger partial charge in [0.05, 0.1) is 12.4 Å². The van der Waals surface area contributed by atoms with Crippen molar-refractivity contribution in [1.29, 1.82) is 0 Å². The van der Waals surface area contributed by atoms with Crippen molar-refractivity contribution < 1.29 is 31.8 Å². The van der Waals surface area contributed by atoms with Crippen molar-refractivity contribution in [2.45, 2.75) is 19.9 Å². The molecule has 0 saturated carbocycles. The second-order valence-electron chi connectivity index (χ2n) is 4.80.